The molecule has 0 radical (unpaired) electrons. The van der Waals surface area contributed by atoms with Crippen molar-refractivity contribution >= 4 is 15.8 Å². The van der Waals surface area contributed by atoms with Gasteiger partial charge in [-0.1, -0.05) is 13.0 Å². The molecule has 20 heavy (non-hydrogen) atoms. The predicted octanol–water partition coefficient (Wildman–Crippen LogP) is 3.20. The van der Waals surface area contributed by atoms with E-state index in [1.54, 1.807) is 6.92 Å². The molecule has 1 atom stereocenters. The van der Waals surface area contributed by atoms with Gasteiger partial charge in [0.05, 0.1) is 15.7 Å². The fraction of sp³-hybridized carbons (Fsp3) is 0.462. The Morgan fingerprint density at radius 2 is 1.90 bits per heavy atom. The lowest BCUT2D eigenvalue weighted by Gasteiger charge is -2.18. The monoisotopic (exact) mass is 306 g/mol. The Labute approximate surface area is 116 Å². The molecule has 4 nitrogen and oxygen atoms in total. The van der Waals surface area contributed by atoms with Crippen LogP contribution in [0, 0.1) is 6.92 Å². The van der Waals surface area contributed by atoms with Crippen molar-refractivity contribution in [2.75, 3.05) is 0 Å². The van der Waals surface area contributed by atoms with Crippen molar-refractivity contribution in [1.29, 1.82) is 0 Å². The lowest BCUT2D eigenvalue weighted by molar-refractivity contribution is 0.0695. The molecule has 0 unspecified atom stereocenters. The summed E-state index contributed by atoms with van der Waals surface area (Å²) in [6.45, 7) is 4.28. The van der Waals surface area contributed by atoms with Gasteiger partial charge in [0.15, 0.2) is 9.84 Å². The molecule has 0 spiro atoms. The standard InChI is InChI=1S/C13H16F2O4S/c1-4-7(2)20(18,19)11-8(3)9(13(16)17)5-6-10(11)12(14)15/h5-7,12H,4H2,1-3H3,(H,16,17)/t7-/m1/s1. The van der Waals surface area contributed by atoms with Crippen LogP contribution in [0.15, 0.2) is 17.0 Å². The third kappa shape index (κ3) is 2.82. The summed E-state index contributed by atoms with van der Waals surface area (Å²) in [7, 11) is -3.99. The summed E-state index contributed by atoms with van der Waals surface area (Å²) >= 11 is 0. The molecule has 0 aliphatic heterocycles. The van der Waals surface area contributed by atoms with Crippen LogP contribution in [-0.4, -0.2) is 24.7 Å². The Balaban J connectivity index is 3.73. The summed E-state index contributed by atoms with van der Waals surface area (Å²) in [4.78, 5) is 10.5. The van der Waals surface area contributed by atoms with Gasteiger partial charge in [0.1, 0.15) is 0 Å². The number of benzene rings is 1. The first kappa shape index (κ1) is 16.6. The minimum Gasteiger partial charge on any atom is -0.478 e. The third-order valence-electron chi connectivity index (χ3n) is 3.29. The van der Waals surface area contributed by atoms with E-state index in [0.29, 0.717) is 0 Å². The molecule has 0 bridgehead atoms. The van der Waals surface area contributed by atoms with Crippen LogP contribution < -0.4 is 0 Å². The summed E-state index contributed by atoms with van der Waals surface area (Å²) in [6, 6.07) is 1.88. The van der Waals surface area contributed by atoms with Crippen molar-refractivity contribution in [3.63, 3.8) is 0 Å². The van der Waals surface area contributed by atoms with Crippen LogP contribution in [-0.2, 0) is 9.84 Å². The van der Waals surface area contributed by atoms with Crippen LogP contribution in [0.25, 0.3) is 0 Å². The first-order valence-electron chi connectivity index (χ1n) is 6.03. The quantitative estimate of drug-likeness (QED) is 0.906. The number of carboxylic acid groups (broad SMARTS) is 1. The van der Waals surface area contributed by atoms with Crippen molar-refractivity contribution in [3.05, 3.63) is 28.8 Å². The smallest absolute Gasteiger partial charge is 0.335 e. The molecule has 0 aliphatic carbocycles. The molecule has 1 rings (SSSR count). The lowest BCUT2D eigenvalue weighted by Crippen LogP contribution is -2.21. The summed E-state index contributed by atoms with van der Waals surface area (Å²) < 4.78 is 50.8. The summed E-state index contributed by atoms with van der Waals surface area (Å²) in [6.07, 6.45) is -2.73. The van der Waals surface area contributed by atoms with Gasteiger partial charge in [-0.25, -0.2) is 22.0 Å². The maximum absolute atomic E-state index is 13.0. The van der Waals surface area contributed by atoms with Crippen molar-refractivity contribution in [2.24, 2.45) is 0 Å². The van der Waals surface area contributed by atoms with Gasteiger partial charge in [0.25, 0.3) is 6.43 Å². The molecule has 7 heteroatoms. The zero-order valence-electron chi connectivity index (χ0n) is 11.4. The molecule has 0 aliphatic rings. The van der Waals surface area contributed by atoms with Crippen LogP contribution in [0.3, 0.4) is 0 Å². The van der Waals surface area contributed by atoms with Crippen LogP contribution in [0.4, 0.5) is 8.78 Å². The average Bonchev–Trinajstić information content (AvgIpc) is 2.36. The van der Waals surface area contributed by atoms with Gasteiger partial charge in [0.2, 0.25) is 0 Å². The van der Waals surface area contributed by atoms with E-state index >= 15 is 0 Å². The molecule has 1 N–H and O–H groups in total. The molecule has 112 valence electrons. The van der Waals surface area contributed by atoms with E-state index in [9.17, 15) is 22.0 Å². The molecule has 0 saturated carbocycles. The van der Waals surface area contributed by atoms with Gasteiger partial charge in [0, 0.05) is 5.56 Å². The number of alkyl halides is 2. The summed E-state index contributed by atoms with van der Waals surface area (Å²) in [5.74, 6) is -1.34. The van der Waals surface area contributed by atoms with Gasteiger partial charge < -0.3 is 5.11 Å². The van der Waals surface area contributed by atoms with E-state index in [0.717, 1.165) is 12.1 Å². The Kier molecular flexibility index (Phi) is 4.86. The highest BCUT2D eigenvalue weighted by Gasteiger charge is 2.31. The van der Waals surface area contributed by atoms with Crippen molar-refractivity contribution in [1.82, 2.24) is 0 Å². The molecular formula is C13H16F2O4S. The van der Waals surface area contributed by atoms with Gasteiger partial charge >= 0.3 is 5.97 Å². The predicted molar refractivity (Wildman–Crippen MR) is 70.0 cm³/mol. The van der Waals surface area contributed by atoms with E-state index < -0.39 is 37.9 Å². The third-order valence-corrected chi connectivity index (χ3v) is 5.79. The highest BCUT2D eigenvalue weighted by atomic mass is 32.2. The highest BCUT2D eigenvalue weighted by Crippen LogP contribution is 2.33. The van der Waals surface area contributed by atoms with Crippen LogP contribution in [0.2, 0.25) is 0 Å². The van der Waals surface area contributed by atoms with E-state index in [1.807, 2.05) is 0 Å². The maximum atomic E-state index is 13.0. The Morgan fingerprint density at radius 1 is 1.35 bits per heavy atom. The zero-order valence-corrected chi connectivity index (χ0v) is 12.2. The van der Waals surface area contributed by atoms with Gasteiger partial charge in [-0.15, -0.1) is 0 Å². The Hall–Kier alpha value is -1.50. The number of hydrogen-bond donors (Lipinski definition) is 1. The average molecular weight is 306 g/mol. The summed E-state index contributed by atoms with van der Waals surface area (Å²) in [5.41, 5.74) is -1.07. The molecule has 0 fully saturated rings. The lowest BCUT2D eigenvalue weighted by atomic mass is 10.1. The van der Waals surface area contributed by atoms with E-state index in [4.69, 9.17) is 5.11 Å². The molecule has 0 heterocycles. The number of carbonyl (C=O) groups is 1. The second kappa shape index (κ2) is 5.87. The van der Waals surface area contributed by atoms with E-state index in [-0.39, 0.29) is 17.5 Å². The number of aromatic carboxylic acids is 1. The number of sulfone groups is 1. The normalized spacial score (nSPS) is 13.5. The fourth-order valence-corrected chi connectivity index (χ4v) is 3.78. The topological polar surface area (TPSA) is 71.4 Å². The maximum Gasteiger partial charge on any atom is 0.335 e. The second-order valence-corrected chi connectivity index (χ2v) is 6.83. The van der Waals surface area contributed by atoms with E-state index in [2.05, 4.69) is 0 Å². The molecule has 1 aromatic carbocycles. The fourth-order valence-electron chi connectivity index (χ4n) is 1.91. The van der Waals surface area contributed by atoms with Gasteiger partial charge in [-0.3, -0.25) is 0 Å². The molecule has 0 aromatic heterocycles. The van der Waals surface area contributed by atoms with E-state index in [1.165, 1.54) is 13.8 Å². The Morgan fingerprint density at radius 3 is 2.30 bits per heavy atom. The first-order valence-corrected chi connectivity index (χ1v) is 7.58. The zero-order chi connectivity index (χ0) is 15.7. The summed E-state index contributed by atoms with van der Waals surface area (Å²) in [5, 5.41) is 8.14. The van der Waals surface area contributed by atoms with Crippen molar-refractivity contribution in [3.8, 4) is 0 Å². The number of carboxylic acids is 1. The van der Waals surface area contributed by atoms with Gasteiger partial charge in [-0.05, 0) is 31.9 Å². The number of hydrogen-bond acceptors (Lipinski definition) is 3. The Bertz CT molecular complexity index is 624. The van der Waals surface area contributed by atoms with Crippen LogP contribution >= 0.6 is 0 Å². The van der Waals surface area contributed by atoms with Crippen molar-refractivity contribution < 1.29 is 27.1 Å². The first-order chi connectivity index (χ1) is 9.14. The largest absolute Gasteiger partial charge is 0.478 e. The number of rotatable bonds is 5. The van der Waals surface area contributed by atoms with Crippen LogP contribution in [0.1, 0.15) is 48.2 Å². The SMILES string of the molecule is CC[C@@H](C)S(=O)(=O)c1c(C(F)F)ccc(C(=O)O)c1C. The molecule has 0 amide bonds. The van der Waals surface area contributed by atoms with Gasteiger partial charge in [-0.2, -0.15) is 0 Å². The minimum absolute atomic E-state index is 0.143. The van der Waals surface area contributed by atoms with Crippen LogP contribution in [0.5, 0.6) is 0 Å². The molecular weight excluding hydrogens is 290 g/mol. The highest BCUT2D eigenvalue weighted by molar-refractivity contribution is 7.92. The molecule has 0 saturated heterocycles. The minimum atomic E-state index is -3.99. The van der Waals surface area contributed by atoms with Crippen molar-refractivity contribution in [2.45, 2.75) is 43.8 Å². The number of halogens is 2. The molecule has 1 aromatic rings. The second-order valence-electron chi connectivity index (χ2n) is 4.53.